The second kappa shape index (κ2) is 10.6. The van der Waals surface area contributed by atoms with Gasteiger partial charge in [-0.1, -0.05) is 55.2 Å². The van der Waals surface area contributed by atoms with E-state index in [9.17, 15) is 19.2 Å². The number of ketones is 2. The van der Waals surface area contributed by atoms with Gasteiger partial charge in [0.05, 0.1) is 17.0 Å². The second-order valence-electron chi connectivity index (χ2n) is 8.23. The number of fused-ring (bicyclic) bond motifs is 1. The van der Waals surface area contributed by atoms with Crippen LogP contribution >= 0.6 is 11.6 Å². The molecule has 33 heavy (non-hydrogen) atoms. The molecule has 1 heterocycles. The molecule has 0 aromatic heterocycles. The van der Waals surface area contributed by atoms with Gasteiger partial charge in [-0.25, -0.2) is 4.79 Å². The van der Waals surface area contributed by atoms with Crippen molar-refractivity contribution in [1.29, 1.82) is 0 Å². The van der Waals surface area contributed by atoms with E-state index in [1.807, 2.05) is 13.0 Å². The molecule has 0 saturated carbocycles. The lowest BCUT2D eigenvalue weighted by Gasteiger charge is -2.32. The summed E-state index contributed by atoms with van der Waals surface area (Å²) in [4.78, 5) is 49.0. The number of carboxylic acids is 1. The summed E-state index contributed by atoms with van der Waals surface area (Å²) in [6, 6.07) is 0. The largest absolute Gasteiger partial charge is 0.481 e. The van der Waals surface area contributed by atoms with Crippen LogP contribution in [-0.4, -0.2) is 34.2 Å². The Morgan fingerprint density at radius 3 is 2.55 bits per heavy atom. The summed E-state index contributed by atoms with van der Waals surface area (Å²) in [7, 11) is 0. The first-order valence-electron chi connectivity index (χ1n) is 10.5. The van der Waals surface area contributed by atoms with E-state index in [2.05, 4.69) is 19.9 Å². The van der Waals surface area contributed by atoms with E-state index in [0.29, 0.717) is 11.7 Å². The van der Waals surface area contributed by atoms with Crippen LogP contribution in [0.15, 0.2) is 69.7 Å². The van der Waals surface area contributed by atoms with Gasteiger partial charge in [-0.2, -0.15) is 0 Å². The van der Waals surface area contributed by atoms with Crippen molar-refractivity contribution in [3.05, 3.63) is 69.7 Å². The Morgan fingerprint density at radius 2 is 1.94 bits per heavy atom. The average molecular weight is 475 g/mol. The molecule has 0 spiro atoms. The van der Waals surface area contributed by atoms with Crippen LogP contribution in [0.4, 0.5) is 0 Å². The number of halogens is 1. The van der Waals surface area contributed by atoms with E-state index >= 15 is 0 Å². The number of rotatable bonds is 8. The van der Waals surface area contributed by atoms with Crippen LogP contribution in [0.1, 0.15) is 47.5 Å². The highest BCUT2D eigenvalue weighted by Gasteiger charge is 2.52. The molecule has 1 aliphatic carbocycles. The summed E-state index contributed by atoms with van der Waals surface area (Å²) in [5.41, 5.74) is -0.766. The van der Waals surface area contributed by atoms with Crippen molar-refractivity contribution in [3.63, 3.8) is 0 Å². The maximum atomic E-state index is 13.1. The van der Waals surface area contributed by atoms with Gasteiger partial charge in [0.15, 0.2) is 0 Å². The van der Waals surface area contributed by atoms with Crippen LogP contribution in [0.3, 0.4) is 0 Å². The molecule has 0 saturated heterocycles. The average Bonchev–Trinajstić information content (AvgIpc) is 2.74. The minimum atomic E-state index is -2.19. The first kappa shape index (κ1) is 26.1. The van der Waals surface area contributed by atoms with Gasteiger partial charge >= 0.3 is 11.9 Å². The number of carboxylic acid groups (broad SMARTS) is 1. The van der Waals surface area contributed by atoms with Crippen molar-refractivity contribution >= 4 is 35.1 Å². The van der Waals surface area contributed by atoms with E-state index in [4.69, 9.17) is 26.2 Å². The van der Waals surface area contributed by atoms with E-state index < -0.39 is 29.1 Å². The molecule has 2 atom stereocenters. The number of hydrogen-bond acceptors (Lipinski definition) is 6. The van der Waals surface area contributed by atoms with Gasteiger partial charge in [-0.15, -0.1) is 0 Å². The number of aliphatic carboxylic acids is 1. The molecule has 0 bridgehead atoms. The molecule has 176 valence electrons. The predicted octanol–water partition coefficient (Wildman–Crippen LogP) is 4.70. The number of Topliss-reactive ketones (excluding diaryl/α,β-unsaturated/α-hetero) is 2. The van der Waals surface area contributed by atoms with Crippen molar-refractivity contribution in [3.8, 4) is 0 Å². The molecule has 0 amide bonds. The molecular formula is C25H27ClO7. The van der Waals surface area contributed by atoms with Crippen molar-refractivity contribution in [2.45, 2.75) is 53.1 Å². The monoisotopic (exact) mass is 474 g/mol. The molecule has 0 fully saturated rings. The zero-order valence-electron chi connectivity index (χ0n) is 19.2. The van der Waals surface area contributed by atoms with Gasteiger partial charge in [-0.05, 0) is 38.8 Å². The SMILES string of the molecule is CC[C@H](C)/C=C(C)/C=C/C1=CC2=C(Cl)C(=O)[C@@](C)(OC(=O)/C=C(\C)CC(=O)O)C(=O)C2=CO1. The van der Waals surface area contributed by atoms with Crippen LogP contribution in [0.2, 0.25) is 0 Å². The van der Waals surface area contributed by atoms with Gasteiger partial charge in [0.2, 0.25) is 17.2 Å². The second-order valence-corrected chi connectivity index (χ2v) is 8.61. The quantitative estimate of drug-likeness (QED) is 0.235. The molecule has 2 aliphatic rings. The van der Waals surface area contributed by atoms with Gasteiger partial charge < -0.3 is 14.6 Å². The van der Waals surface area contributed by atoms with Crippen LogP contribution in [0, 0.1) is 5.92 Å². The minimum Gasteiger partial charge on any atom is -0.481 e. The zero-order valence-corrected chi connectivity index (χ0v) is 20.0. The number of ether oxygens (including phenoxy) is 2. The van der Waals surface area contributed by atoms with Crippen LogP contribution in [0.5, 0.6) is 0 Å². The highest BCUT2D eigenvalue weighted by Crippen LogP contribution is 2.38. The fourth-order valence-corrected chi connectivity index (χ4v) is 3.57. The Bertz CT molecular complexity index is 1070. The van der Waals surface area contributed by atoms with Crippen LogP contribution in [-0.2, 0) is 28.7 Å². The lowest BCUT2D eigenvalue weighted by Crippen LogP contribution is -2.51. The summed E-state index contributed by atoms with van der Waals surface area (Å²) >= 11 is 6.28. The van der Waals surface area contributed by atoms with Gasteiger partial charge in [0, 0.05) is 11.6 Å². The maximum Gasteiger partial charge on any atom is 0.332 e. The molecule has 1 N–H and O–H groups in total. The van der Waals surface area contributed by atoms with Crippen molar-refractivity contribution in [2.75, 3.05) is 0 Å². The summed E-state index contributed by atoms with van der Waals surface area (Å²) in [6.07, 6.45) is 9.90. The number of carbonyl (C=O) groups is 4. The highest BCUT2D eigenvalue weighted by atomic mass is 35.5. The Morgan fingerprint density at radius 1 is 1.27 bits per heavy atom. The standard InChI is InChI=1S/C25H27ClO7/c1-6-14(2)9-15(3)7-8-17-12-18-19(13-32-17)23(30)25(5,24(31)22(18)26)33-21(29)11-16(4)10-20(27)28/h7-9,11-14H,6,10H2,1-5H3,(H,27,28)/b8-7+,15-9+,16-11+/t14-,25-/m0/s1. The third kappa shape index (κ3) is 6.20. The van der Waals surface area contributed by atoms with E-state index in [0.717, 1.165) is 25.0 Å². The normalized spacial score (nSPS) is 22.5. The topological polar surface area (TPSA) is 107 Å². The van der Waals surface area contributed by atoms with Crippen LogP contribution in [0.25, 0.3) is 0 Å². The zero-order chi connectivity index (χ0) is 24.9. The molecule has 1 aliphatic heterocycles. The highest BCUT2D eigenvalue weighted by molar-refractivity contribution is 6.49. The third-order valence-corrected chi connectivity index (χ3v) is 5.61. The molecule has 7 nitrogen and oxygen atoms in total. The first-order chi connectivity index (χ1) is 15.4. The number of esters is 1. The Labute approximate surface area is 197 Å². The van der Waals surface area contributed by atoms with E-state index in [-0.39, 0.29) is 28.2 Å². The Kier molecular flexibility index (Phi) is 8.39. The number of hydrogen-bond donors (Lipinski definition) is 1. The summed E-state index contributed by atoms with van der Waals surface area (Å²) in [5, 5.41) is 8.54. The third-order valence-electron chi connectivity index (χ3n) is 5.24. The minimum absolute atomic E-state index is 0.00477. The summed E-state index contributed by atoms with van der Waals surface area (Å²) < 4.78 is 10.7. The lowest BCUT2D eigenvalue weighted by molar-refractivity contribution is -0.165. The van der Waals surface area contributed by atoms with Gasteiger partial charge in [-0.3, -0.25) is 14.4 Å². The molecule has 0 aromatic carbocycles. The van der Waals surface area contributed by atoms with Crippen molar-refractivity contribution in [2.24, 2.45) is 5.92 Å². The smallest absolute Gasteiger partial charge is 0.332 e. The lowest BCUT2D eigenvalue weighted by atomic mass is 9.80. The maximum absolute atomic E-state index is 13.1. The number of allylic oxidation sites excluding steroid dienone is 6. The van der Waals surface area contributed by atoms with E-state index in [1.165, 1.54) is 19.3 Å². The molecular weight excluding hydrogens is 448 g/mol. The molecule has 0 unspecified atom stereocenters. The summed E-state index contributed by atoms with van der Waals surface area (Å²) in [5.74, 6) is -2.99. The molecule has 0 radical (unpaired) electrons. The predicted molar refractivity (Wildman–Crippen MR) is 123 cm³/mol. The fraction of sp³-hybridized carbons (Fsp3) is 0.360. The van der Waals surface area contributed by atoms with Crippen molar-refractivity contribution < 1.29 is 33.8 Å². The molecule has 8 heteroatoms. The first-order valence-corrected chi connectivity index (χ1v) is 10.8. The molecule has 0 aromatic rings. The Hall–Kier alpha value is -3.19. The molecule has 2 rings (SSSR count). The van der Waals surface area contributed by atoms with Crippen LogP contribution < -0.4 is 0 Å². The number of carbonyl (C=O) groups excluding carboxylic acids is 3. The fourth-order valence-electron chi connectivity index (χ4n) is 3.23. The van der Waals surface area contributed by atoms with Crippen molar-refractivity contribution in [1.82, 2.24) is 0 Å². The summed E-state index contributed by atoms with van der Waals surface area (Å²) in [6.45, 7) is 8.74. The Balaban J connectivity index is 2.31. The van der Waals surface area contributed by atoms with E-state index in [1.54, 1.807) is 6.08 Å². The van der Waals surface area contributed by atoms with Gasteiger partial charge in [0.25, 0.3) is 0 Å². The van der Waals surface area contributed by atoms with Gasteiger partial charge in [0.1, 0.15) is 12.0 Å².